The number of hydrogen-bond acceptors (Lipinski definition) is 8. The van der Waals surface area contributed by atoms with Crippen molar-refractivity contribution in [2.45, 2.75) is 232 Å². The van der Waals surface area contributed by atoms with Gasteiger partial charge in [0.1, 0.15) is 13.2 Å². The fourth-order valence-corrected chi connectivity index (χ4v) is 8.93. The van der Waals surface area contributed by atoms with Crippen LogP contribution in [0.15, 0.2) is 279 Å². The number of hydrogen-bond donors (Lipinski definition) is 0. The van der Waals surface area contributed by atoms with E-state index in [4.69, 9.17) is 18.9 Å². The molecule has 0 amide bonds. The summed E-state index contributed by atoms with van der Waals surface area (Å²) in [5.41, 5.74) is 0. The number of carboxylic acid groups (broad SMARTS) is 1. The molecule has 2 atom stereocenters. The van der Waals surface area contributed by atoms with Crippen LogP contribution in [-0.2, 0) is 33.3 Å². The second kappa shape index (κ2) is 78.0. The minimum atomic E-state index is -1.66. The van der Waals surface area contributed by atoms with E-state index in [-0.39, 0.29) is 32.7 Å². The number of carboxylic acids is 1. The molecule has 0 N–H and O–H groups in total. The lowest BCUT2D eigenvalue weighted by atomic mass is 10.1. The van der Waals surface area contributed by atoms with Crippen molar-refractivity contribution in [3.63, 3.8) is 0 Å². The highest BCUT2D eigenvalue weighted by Crippen LogP contribution is 2.11. The third-order valence-corrected chi connectivity index (χ3v) is 14.7. The van der Waals surface area contributed by atoms with Gasteiger partial charge in [-0.05, 0) is 186 Å². The molecule has 9 heteroatoms. The van der Waals surface area contributed by atoms with Crippen LogP contribution in [0.1, 0.15) is 219 Å². The Kier molecular flexibility index (Phi) is 72.1. The average Bonchev–Trinajstić information content (AvgIpc) is 1.21. The van der Waals surface area contributed by atoms with E-state index >= 15 is 0 Å². The van der Waals surface area contributed by atoms with E-state index in [0.717, 1.165) is 180 Å². The molecule has 0 aromatic rings. The van der Waals surface area contributed by atoms with Gasteiger partial charge in [-0.1, -0.05) is 300 Å². The molecule has 0 bridgehead atoms. The fourth-order valence-electron chi connectivity index (χ4n) is 8.93. The van der Waals surface area contributed by atoms with Gasteiger partial charge in [0, 0.05) is 12.8 Å². The first-order chi connectivity index (χ1) is 49.6. The van der Waals surface area contributed by atoms with E-state index < -0.39 is 30.3 Å². The van der Waals surface area contributed by atoms with Crippen LogP contribution in [0, 0.1) is 0 Å². The maximum Gasteiger partial charge on any atom is 0.306 e. The molecular formula is C92H135NO8. The third kappa shape index (κ3) is 79.5. The second-order valence-electron chi connectivity index (χ2n) is 25.1. The molecule has 0 aromatic heterocycles. The Hall–Kier alpha value is -7.69. The van der Waals surface area contributed by atoms with Crippen molar-refractivity contribution in [1.82, 2.24) is 0 Å². The maximum absolute atomic E-state index is 12.9. The number of nitrogens with zero attached hydrogens (tertiary/aromatic N) is 1. The summed E-state index contributed by atoms with van der Waals surface area (Å²) in [5, 5.41) is 11.8. The van der Waals surface area contributed by atoms with Crippen molar-refractivity contribution in [2.75, 3.05) is 47.5 Å². The summed E-state index contributed by atoms with van der Waals surface area (Å²) >= 11 is 0. The zero-order chi connectivity index (χ0) is 73.2. The molecule has 0 fully saturated rings. The number of unbranched alkanes of at least 4 members (excludes halogenated alkanes) is 5. The Morgan fingerprint density at radius 1 is 0.297 bits per heavy atom. The summed E-state index contributed by atoms with van der Waals surface area (Å²) in [4.78, 5) is 37.5. The summed E-state index contributed by atoms with van der Waals surface area (Å²) in [5.74, 6) is -2.43. The van der Waals surface area contributed by atoms with Crippen molar-refractivity contribution < 1.29 is 42.9 Å². The second-order valence-corrected chi connectivity index (χ2v) is 25.1. The van der Waals surface area contributed by atoms with Gasteiger partial charge >= 0.3 is 11.9 Å². The Labute approximate surface area is 616 Å². The lowest BCUT2D eigenvalue weighted by Gasteiger charge is -2.26. The molecule has 2 unspecified atom stereocenters. The van der Waals surface area contributed by atoms with E-state index in [1.165, 1.54) is 0 Å². The van der Waals surface area contributed by atoms with Crippen molar-refractivity contribution >= 4 is 17.9 Å². The molecule has 9 nitrogen and oxygen atoms in total. The third-order valence-electron chi connectivity index (χ3n) is 14.7. The molecule has 0 saturated carbocycles. The molecule has 0 spiro atoms. The number of likely N-dealkylation sites (N-methyl/N-ethyl adjacent to an activating group) is 1. The van der Waals surface area contributed by atoms with Crippen LogP contribution in [0.4, 0.5) is 0 Å². The molecule has 0 radical (unpaired) electrons. The minimum Gasteiger partial charge on any atom is -0.545 e. The SMILES string of the molecule is CC/C=C\C/C=C\C/C=C\C/C=C\C/C=C\C/C=C\C/C=C\C/C=C\C/C=C\C/C=C\C/C=C\C/C=C\CCCCC(=O)OC(COC(=O)CCCCC/C=C\C/C=C\C/C=C\C/C=C\C/C=C\C/C=C\C/C=C\C/C=C\C/C=C\C/C=C\C/C=C\CC)COC(OCC[N+](C)(C)C)C(=O)[O-]. The molecule has 0 saturated heterocycles. The summed E-state index contributed by atoms with van der Waals surface area (Å²) < 4.78 is 22.7. The van der Waals surface area contributed by atoms with Crippen LogP contribution in [0.25, 0.3) is 0 Å². The predicted molar refractivity (Wildman–Crippen MR) is 434 cm³/mol. The van der Waals surface area contributed by atoms with Gasteiger partial charge in [0.05, 0.1) is 40.3 Å². The van der Waals surface area contributed by atoms with Crippen LogP contribution >= 0.6 is 0 Å². The quantitative estimate of drug-likeness (QED) is 0.0195. The van der Waals surface area contributed by atoms with E-state index in [2.05, 4.69) is 293 Å². The van der Waals surface area contributed by atoms with Gasteiger partial charge in [-0.25, -0.2) is 0 Å². The van der Waals surface area contributed by atoms with Crippen LogP contribution in [-0.4, -0.2) is 82.3 Å². The minimum absolute atomic E-state index is 0.117. The number of ether oxygens (including phenoxy) is 4. The number of allylic oxidation sites excluding steroid dienone is 46. The summed E-state index contributed by atoms with van der Waals surface area (Å²) in [6, 6.07) is 0. The van der Waals surface area contributed by atoms with E-state index in [9.17, 15) is 19.5 Å². The largest absolute Gasteiger partial charge is 0.545 e. The first-order valence-electron chi connectivity index (χ1n) is 38.1. The van der Waals surface area contributed by atoms with Crippen molar-refractivity contribution in [2.24, 2.45) is 0 Å². The summed E-state index contributed by atoms with van der Waals surface area (Å²) in [7, 11) is 5.88. The summed E-state index contributed by atoms with van der Waals surface area (Å²) in [6.07, 6.45) is 127. The molecule has 101 heavy (non-hydrogen) atoms. The number of carbonyl (C=O) groups is 3. The molecule has 0 aliphatic carbocycles. The van der Waals surface area contributed by atoms with E-state index in [1.54, 1.807) is 0 Å². The first-order valence-corrected chi connectivity index (χ1v) is 38.1. The number of rotatable bonds is 66. The van der Waals surface area contributed by atoms with Gasteiger partial charge in [-0.15, -0.1) is 0 Å². The normalized spacial score (nSPS) is 14.3. The smallest absolute Gasteiger partial charge is 0.306 e. The fraction of sp³-hybridized carbons (Fsp3) is 0.467. The standard InChI is InChI=1S/C92H135NO8/c1-6-8-10-12-14-16-18-20-22-24-26-28-30-32-34-36-38-40-42-44-45-47-49-51-53-55-57-59-61-63-65-67-69-71-73-75-77-79-81-83-90(95)101-88(87-100-92(91(96)97)98-85-84-93(3,4)5)86-99-89(94)82-80-78-76-74-72-70-68-66-64-62-60-58-56-54-52-50-48-46-43-41-39-37-35-33-31-29-27-25-23-21-19-17-15-13-11-9-7-2/h8-11,14-17,20-23,26-29,32-35,38-41,44-46,48-49,51-52,54-55,57-58,60-61,63-64,66-67,69-70,72-73,75,88,92H,6-7,12-13,18-19,24-25,30-31,36-37,42-43,47,50,53,56,59,62,65,68,71,74,76-87H2,1-5H3/b10-8-,11-9-,16-14-,17-15-,22-20-,23-21-,28-26-,29-27-,34-32-,35-33-,40-38-,41-39-,45-44-,48-46-,51-49-,54-52-,57-55-,60-58-,63-61-,66-64-,69-67-,72-70-,75-73-. The van der Waals surface area contributed by atoms with Crippen LogP contribution in [0.2, 0.25) is 0 Å². The van der Waals surface area contributed by atoms with Gasteiger partial charge in [-0.3, -0.25) is 9.59 Å². The lowest BCUT2D eigenvalue weighted by molar-refractivity contribution is -0.870. The van der Waals surface area contributed by atoms with Gasteiger partial charge in [-0.2, -0.15) is 0 Å². The van der Waals surface area contributed by atoms with Crippen LogP contribution in [0.5, 0.6) is 0 Å². The number of aliphatic carboxylic acids is 1. The predicted octanol–water partition coefficient (Wildman–Crippen LogP) is 23.6. The Balaban J connectivity index is 4.35. The molecule has 0 aliphatic heterocycles. The Bertz CT molecular complexity index is 2720. The average molecular weight is 1380 g/mol. The van der Waals surface area contributed by atoms with Crippen molar-refractivity contribution in [1.29, 1.82) is 0 Å². The van der Waals surface area contributed by atoms with Gasteiger partial charge in [0.25, 0.3) is 0 Å². The van der Waals surface area contributed by atoms with Gasteiger partial charge < -0.3 is 33.3 Å². The highest BCUT2D eigenvalue weighted by atomic mass is 16.7. The monoisotopic (exact) mass is 1380 g/mol. The zero-order valence-corrected chi connectivity index (χ0v) is 63.4. The molecule has 0 rings (SSSR count). The van der Waals surface area contributed by atoms with E-state index in [0.29, 0.717) is 23.9 Å². The van der Waals surface area contributed by atoms with Crippen LogP contribution < -0.4 is 5.11 Å². The van der Waals surface area contributed by atoms with Crippen molar-refractivity contribution in [3.8, 4) is 0 Å². The highest BCUT2D eigenvalue weighted by molar-refractivity contribution is 5.70. The Morgan fingerprint density at radius 3 is 0.792 bits per heavy atom. The molecule has 0 aromatic carbocycles. The molecule has 0 heterocycles. The molecular weight excluding hydrogens is 1250 g/mol. The van der Waals surface area contributed by atoms with Crippen LogP contribution in [0.3, 0.4) is 0 Å². The Morgan fingerprint density at radius 2 is 0.535 bits per heavy atom. The number of carbonyl (C=O) groups excluding carboxylic acids is 3. The topological polar surface area (TPSA) is 111 Å². The van der Waals surface area contributed by atoms with Gasteiger partial charge in [0.2, 0.25) is 0 Å². The lowest BCUT2D eigenvalue weighted by Crippen LogP contribution is -2.44. The van der Waals surface area contributed by atoms with E-state index in [1.807, 2.05) is 21.1 Å². The number of quaternary nitrogens is 1. The molecule has 0 aliphatic rings. The highest BCUT2D eigenvalue weighted by Gasteiger charge is 2.22. The maximum atomic E-state index is 12.9. The van der Waals surface area contributed by atoms with Crippen molar-refractivity contribution in [3.05, 3.63) is 279 Å². The van der Waals surface area contributed by atoms with Gasteiger partial charge in [0.15, 0.2) is 12.4 Å². The summed E-state index contributed by atoms with van der Waals surface area (Å²) in [6.45, 7) is 4.38. The molecule has 556 valence electrons. The number of esters is 2. The zero-order valence-electron chi connectivity index (χ0n) is 63.4. The first kappa shape index (κ1) is 93.3.